The zero-order valence-electron chi connectivity index (χ0n) is 10.6. The topological polar surface area (TPSA) is 74.7 Å². The lowest BCUT2D eigenvalue weighted by Gasteiger charge is -2.23. The van der Waals surface area contributed by atoms with Gasteiger partial charge < -0.3 is 5.11 Å². The maximum absolute atomic E-state index is 13.0. The van der Waals surface area contributed by atoms with Crippen LogP contribution in [0.2, 0.25) is 5.02 Å². The maximum atomic E-state index is 13.0. The van der Waals surface area contributed by atoms with E-state index in [0.717, 1.165) is 22.5 Å². The van der Waals surface area contributed by atoms with E-state index in [1.165, 1.54) is 0 Å². The molecule has 1 saturated heterocycles. The van der Waals surface area contributed by atoms with Crippen molar-refractivity contribution in [1.29, 1.82) is 0 Å². The Kier molecular flexibility index (Phi) is 4.04. The van der Waals surface area contributed by atoms with Gasteiger partial charge in [-0.25, -0.2) is 12.8 Å². The van der Waals surface area contributed by atoms with Crippen LogP contribution in [0.5, 0.6) is 0 Å². The van der Waals surface area contributed by atoms with Crippen molar-refractivity contribution < 1.29 is 22.7 Å². The Hall–Kier alpha value is -1.18. The molecule has 1 aliphatic heterocycles. The van der Waals surface area contributed by atoms with E-state index in [2.05, 4.69) is 0 Å². The maximum Gasteiger partial charge on any atom is 0.322 e. The Morgan fingerprint density at radius 3 is 2.70 bits per heavy atom. The van der Waals surface area contributed by atoms with Crippen molar-refractivity contribution >= 4 is 27.6 Å². The van der Waals surface area contributed by atoms with Gasteiger partial charge in [-0.2, -0.15) is 4.31 Å². The van der Waals surface area contributed by atoms with Crippen LogP contribution < -0.4 is 0 Å². The molecule has 2 unspecified atom stereocenters. The van der Waals surface area contributed by atoms with Crippen molar-refractivity contribution in [3.05, 3.63) is 29.0 Å². The fourth-order valence-electron chi connectivity index (χ4n) is 2.36. The van der Waals surface area contributed by atoms with Gasteiger partial charge in [0.15, 0.2) is 0 Å². The van der Waals surface area contributed by atoms with Crippen LogP contribution in [0.4, 0.5) is 4.39 Å². The number of halogens is 2. The van der Waals surface area contributed by atoms with Crippen molar-refractivity contribution in [2.75, 3.05) is 6.54 Å². The van der Waals surface area contributed by atoms with Gasteiger partial charge in [0.1, 0.15) is 16.8 Å². The van der Waals surface area contributed by atoms with Gasteiger partial charge in [-0.15, -0.1) is 0 Å². The summed E-state index contributed by atoms with van der Waals surface area (Å²) in [7, 11) is -4.06. The number of carbonyl (C=O) groups is 1. The molecular formula is C12H13ClFNO4S. The van der Waals surface area contributed by atoms with Crippen molar-refractivity contribution in [3.63, 3.8) is 0 Å². The SMILES string of the molecule is CC1CCN(S(=O)(=O)c2ccc(F)cc2Cl)C1C(=O)O. The molecule has 1 aliphatic rings. The van der Waals surface area contributed by atoms with Crippen LogP contribution in [-0.2, 0) is 14.8 Å². The highest BCUT2D eigenvalue weighted by Crippen LogP contribution is 2.33. The second-order valence-corrected chi connectivity index (χ2v) is 7.01. The second kappa shape index (κ2) is 5.31. The molecule has 0 radical (unpaired) electrons. The number of sulfonamides is 1. The van der Waals surface area contributed by atoms with Crippen LogP contribution in [-0.4, -0.2) is 36.4 Å². The van der Waals surface area contributed by atoms with E-state index in [9.17, 15) is 22.7 Å². The quantitative estimate of drug-likeness (QED) is 0.923. The highest BCUT2D eigenvalue weighted by atomic mass is 35.5. The zero-order chi connectivity index (χ0) is 15.1. The minimum Gasteiger partial charge on any atom is -0.480 e. The summed E-state index contributed by atoms with van der Waals surface area (Å²) in [6.45, 7) is 1.79. The number of hydrogen-bond acceptors (Lipinski definition) is 3. The predicted octanol–water partition coefficient (Wildman–Crippen LogP) is 1.96. The zero-order valence-corrected chi connectivity index (χ0v) is 12.2. The molecule has 8 heteroatoms. The van der Waals surface area contributed by atoms with Crippen LogP contribution >= 0.6 is 11.6 Å². The van der Waals surface area contributed by atoms with Gasteiger partial charge in [-0.05, 0) is 30.5 Å². The molecule has 0 spiro atoms. The molecular weight excluding hydrogens is 309 g/mol. The number of carboxylic acid groups (broad SMARTS) is 1. The predicted molar refractivity (Wildman–Crippen MR) is 70.5 cm³/mol. The van der Waals surface area contributed by atoms with E-state index in [0.29, 0.717) is 6.42 Å². The fraction of sp³-hybridized carbons (Fsp3) is 0.417. The summed E-state index contributed by atoms with van der Waals surface area (Å²) in [6, 6.07) is 1.80. The number of rotatable bonds is 3. The first kappa shape index (κ1) is 15.2. The molecule has 5 nitrogen and oxygen atoms in total. The highest BCUT2D eigenvalue weighted by Gasteiger charge is 2.44. The molecule has 0 amide bonds. The summed E-state index contributed by atoms with van der Waals surface area (Å²) in [4.78, 5) is 11.0. The second-order valence-electron chi connectivity index (χ2n) is 4.74. The normalized spacial score (nSPS) is 23.9. The molecule has 1 heterocycles. The lowest BCUT2D eigenvalue weighted by Crippen LogP contribution is -2.42. The van der Waals surface area contributed by atoms with Gasteiger partial charge in [0.05, 0.1) is 5.02 Å². The molecule has 1 N–H and O–H groups in total. The molecule has 2 atom stereocenters. The van der Waals surface area contributed by atoms with Gasteiger partial charge in [-0.1, -0.05) is 18.5 Å². The van der Waals surface area contributed by atoms with Crippen LogP contribution in [0.3, 0.4) is 0 Å². The molecule has 0 saturated carbocycles. The van der Waals surface area contributed by atoms with E-state index >= 15 is 0 Å². The first-order valence-electron chi connectivity index (χ1n) is 5.95. The molecule has 2 rings (SSSR count). The first-order chi connectivity index (χ1) is 9.25. The summed E-state index contributed by atoms with van der Waals surface area (Å²) < 4.78 is 38.9. The van der Waals surface area contributed by atoms with E-state index in [1.54, 1.807) is 6.92 Å². The van der Waals surface area contributed by atoms with Crippen molar-refractivity contribution in [1.82, 2.24) is 4.31 Å². The largest absolute Gasteiger partial charge is 0.480 e. The van der Waals surface area contributed by atoms with Crippen LogP contribution in [0.15, 0.2) is 23.1 Å². The molecule has 0 aromatic heterocycles. The lowest BCUT2D eigenvalue weighted by molar-refractivity contribution is -0.141. The molecule has 20 heavy (non-hydrogen) atoms. The molecule has 0 aliphatic carbocycles. The molecule has 1 aromatic carbocycles. The van der Waals surface area contributed by atoms with Crippen molar-refractivity contribution in [2.45, 2.75) is 24.3 Å². The molecule has 110 valence electrons. The highest BCUT2D eigenvalue weighted by molar-refractivity contribution is 7.89. The number of benzene rings is 1. The Morgan fingerprint density at radius 2 is 2.15 bits per heavy atom. The minimum atomic E-state index is -4.06. The first-order valence-corrected chi connectivity index (χ1v) is 7.76. The van der Waals surface area contributed by atoms with Gasteiger partial charge in [0, 0.05) is 6.54 Å². The average molecular weight is 322 g/mol. The third kappa shape index (κ3) is 2.53. The van der Waals surface area contributed by atoms with Gasteiger partial charge in [0.2, 0.25) is 10.0 Å². The van der Waals surface area contributed by atoms with Crippen LogP contribution in [0.1, 0.15) is 13.3 Å². The van der Waals surface area contributed by atoms with Crippen molar-refractivity contribution in [3.8, 4) is 0 Å². The van der Waals surface area contributed by atoms with Crippen LogP contribution in [0, 0.1) is 11.7 Å². The summed E-state index contributed by atoms with van der Waals surface area (Å²) >= 11 is 5.76. The Bertz CT molecular complexity index is 649. The molecule has 1 fully saturated rings. The smallest absolute Gasteiger partial charge is 0.322 e. The number of hydrogen-bond donors (Lipinski definition) is 1. The van der Waals surface area contributed by atoms with Gasteiger partial charge in [0.25, 0.3) is 0 Å². The third-order valence-electron chi connectivity index (χ3n) is 3.39. The van der Waals surface area contributed by atoms with Crippen molar-refractivity contribution in [2.24, 2.45) is 5.92 Å². The van der Waals surface area contributed by atoms with Gasteiger partial charge in [-0.3, -0.25) is 4.79 Å². The van der Waals surface area contributed by atoms with E-state index < -0.39 is 27.9 Å². The van der Waals surface area contributed by atoms with Gasteiger partial charge >= 0.3 is 5.97 Å². The Morgan fingerprint density at radius 1 is 1.50 bits per heavy atom. The fourth-order valence-corrected chi connectivity index (χ4v) is 4.56. The standard InChI is InChI=1S/C12H13ClFNO4S/c1-7-4-5-15(11(7)12(16)17)20(18,19)10-3-2-8(14)6-9(10)13/h2-3,6-7,11H,4-5H2,1H3,(H,16,17). The van der Waals surface area contributed by atoms with E-state index in [-0.39, 0.29) is 22.4 Å². The minimum absolute atomic E-state index is 0.105. The third-order valence-corrected chi connectivity index (χ3v) is 5.75. The summed E-state index contributed by atoms with van der Waals surface area (Å²) in [5, 5.41) is 8.92. The monoisotopic (exact) mass is 321 g/mol. The lowest BCUT2D eigenvalue weighted by atomic mass is 10.0. The number of nitrogens with zero attached hydrogens (tertiary/aromatic N) is 1. The summed E-state index contributed by atoms with van der Waals surface area (Å²) in [5.41, 5.74) is 0. The summed E-state index contributed by atoms with van der Waals surface area (Å²) in [6.07, 6.45) is 0.453. The average Bonchev–Trinajstić information content (AvgIpc) is 2.71. The molecule has 0 bridgehead atoms. The Balaban J connectivity index is 2.47. The Labute approximate surface area is 121 Å². The molecule has 1 aromatic rings. The number of aliphatic carboxylic acids is 1. The summed E-state index contributed by atoms with van der Waals surface area (Å²) in [5.74, 6) is -2.14. The number of carboxylic acids is 1. The van der Waals surface area contributed by atoms with E-state index in [1.807, 2.05) is 0 Å². The van der Waals surface area contributed by atoms with Crippen LogP contribution in [0.25, 0.3) is 0 Å². The van der Waals surface area contributed by atoms with E-state index in [4.69, 9.17) is 11.6 Å².